The summed E-state index contributed by atoms with van der Waals surface area (Å²) in [5.41, 5.74) is 2.08. The van der Waals surface area contributed by atoms with Gasteiger partial charge in [0.2, 0.25) is 0 Å². The maximum Gasteiger partial charge on any atom is 0.330 e. The van der Waals surface area contributed by atoms with E-state index in [1.54, 1.807) is 19.2 Å². The third-order valence-corrected chi connectivity index (χ3v) is 4.16. The van der Waals surface area contributed by atoms with Crippen molar-refractivity contribution in [2.75, 3.05) is 0 Å². The van der Waals surface area contributed by atoms with Crippen LogP contribution in [0.15, 0.2) is 76.5 Å². The van der Waals surface area contributed by atoms with Crippen LogP contribution < -0.4 is 11.2 Å². The maximum atomic E-state index is 12.3. The van der Waals surface area contributed by atoms with Gasteiger partial charge in [0, 0.05) is 25.9 Å². The van der Waals surface area contributed by atoms with Gasteiger partial charge in [0.1, 0.15) is 0 Å². The Hall–Kier alpha value is -3.47. The molecule has 0 aliphatic rings. The summed E-state index contributed by atoms with van der Waals surface area (Å²) in [6, 6.07) is 17.2. The predicted molar refractivity (Wildman–Crippen MR) is 102 cm³/mol. The minimum absolute atomic E-state index is 0.208. The van der Waals surface area contributed by atoms with E-state index in [0.29, 0.717) is 5.56 Å². The summed E-state index contributed by atoms with van der Waals surface area (Å²) in [5.74, 6) is -0.208. The minimum Gasteiger partial charge on any atom is -0.303 e. The molecule has 1 aromatic heterocycles. The Morgan fingerprint density at radius 3 is 2.15 bits per heavy atom. The van der Waals surface area contributed by atoms with Gasteiger partial charge in [0.25, 0.3) is 5.56 Å². The third kappa shape index (κ3) is 3.47. The van der Waals surface area contributed by atoms with E-state index in [1.165, 1.54) is 30.0 Å². The Morgan fingerprint density at radius 2 is 1.50 bits per heavy atom. The molecule has 2 aromatic carbocycles. The van der Waals surface area contributed by atoms with Crippen LogP contribution in [0, 0.1) is 0 Å². The Bertz CT molecular complexity index is 1090. The molecule has 26 heavy (non-hydrogen) atoms. The monoisotopic (exact) mass is 346 g/mol. The summed E-state index contributed by atoms with van der Waals surface area (Å²) < 4.78 is 2.32. The van der Waals surface area contributed by atoms with E-state index in [-0.39, 0.29) is 11.3 Å². The highest BCUT2D eigenvalue weighted by Crippen LogP contribution is 2.19. The molecular formula is C21H18N2O3. The molecule has 0 atom stereocenters. The zero-order chi connectivity index (χ0) is 18.7. The number of allylic oxidation sites excluding steroid dienone is 1. The molecule has 0 amide bonds. The van der Waals surface area contributed by atoms with Crippen LogP contribution in [0.1, 0.15) is 15.9 Å². The van der Waals surface area contributed by atoms with Crippen LogP contribution in [0.4, 0.5) is 0 Å². The summed E-state index contributed by atoms with van der Waals surface area (Å²) in [6.45, 7) is 0. The van der Waals surface area contributed by atoms with Gasteiger partial charge in [0.15, 0.2) is 5.78 Å². The second-order valence-electron chi connectivity index (χ2n) is 5.98. The van der Waals surface area contributed by atoms with Gasteiger partial charge >= 0.3 is 5.69 Å². The summed E-state index contributed by atoms with van der Waals surface area (Å²) in [7, 11) is 2.97. The lowest BCUT2D eigenvalue weighted by Gasteiger charge is -2.04. The molecule has 3 rings (SSSR count). The second-order valence-corrected chi connectivity index (χ2v) is 5.98. The molecule has 1 heterocycles. The number of ketones is 1. The number of hydrogen-bond donors (Lipinski definition) is 0. The molecule has 130 valence electrons. The summed E-state index contributed by atoms with van der Waals surface area (Å²) in [6.07, 6.45) is 4.21. The van der Waals surface area contributed by atoms with Gasteiger partial charge in [-0.2, -0.15) is 0 Å². The number of aromatic nitrogens is 2. The number of aryl methyl sites for hydroxylation is 1. The molecule has 0 aliphatic heterocycles. The van der Waals surface area contributed by atoms with Crippen LogP contribution in [0.25, 0.3) is 17.2 Å². The molecular weight excluding hydrogens is 328 g/mol. The van der Waals surface area contributed by atoms with Crippen molar-refractivity contribution in [1.82, 2.24) is 9.13 Å². The fourth-order valence-corrected chi connectivity index (χ4v) is 2.67. The maximum absolute atomic E-state index is 12.3. The van der Waals surface area contributed by atoms with E-state index < -0.39 is 11.2 Å². The molecule has 3 aromatic rings. The number of nitrogens with zero attached hydrogens (tertiary/aromatic N) is 2. The van der Waals surface area contributed by atoms with Crippen molar-refractivity contribution < 1.29 is 4.79 Å². The molecule has 0 spiro atoms. The van der Waals surface area contributed by atoms with Gasteiger partial charge in [-0.05, 0) is 23.3 Å². The van der Waals surface area contributed by atoms with Crippen LogP contribution in [-0.4, -0.2) is 14.9 Å². The first-order valence-corrected chi connectivity index (χ1v) is 8.12. The first-order valence-electron chi connectivity index (χ1n) is 8.12. The fraction of sp³-hybridized carbons (Fsp3) is 0.0952. The van der Waals surface area contributed by atoms with Crippen molar-refractivity contribution in [2.45, 2.75) is 0 Å². The fourth-order valence-electron chi connectivity index (χ4n) is 2.67. The summed E-state index contributed by atoms with van der Waals surface area (Å²) in [5, 5.41) is 0. The number of benzene rings is 2. The normalized spacial score (nSPS) is 11.0. The standard InChI is InChI=1S/C21H18N2O3/c1-22-14-18(20(25)23(2)21(22)26)12-13-19(24)17-10-8-16(9-11-17)15-6-4-3-5-7-15/h3-14H,1-2H3/b13-12-. The van der Waals surface area contributed by atoms with Crippen LogP contribution in [0.3, 0.4) is 0 Å². The van der Waals surface area contributed by atoms with Crippen molar-refractivity contribution >= 4 is 11.9 Å². The van der Waals surface area contributed by atoms with Crippen LogP contribution in [0.5, 0.6) is 0 Å². The van der Waals surface area contributed by atoms with Gasteiger partial charge in [-0.15, -0.1) is 0 Å². The van der Waals surface area contributed by atoms with Gasteiger partial charge in [-0.1, -0.05) is 54.6 Å². The first-order chi connectivity index (χ1) is 12.5. The zero-order valence-electron chi connectivity index (χ0n) is 14.5. The molecule has 0 bridgehead atoms. The molecule has 0 saturated carbocycles. The summed E-state index contributed by atoms with van der Waals surface area (Å²) in [4.78, 5) is 36.1. The molecule has 0 saturated heterocycles. The van der Waals surface area contributed by atoms with E-state index in [9.17, 15) is 14.4 Å². The Kier molecular flexibility index (Phi) is 4.80. The number of hydrogen-bond acceptors (Lipinski definition) is 3. The zero-order valence-corrected chi connectivity index (χ0v) is 14.5. The van der Waals surface area contributed by atoms with E-state index in [2.05, 4.69) is 0 Å². The number of carbonyl (C=O) groups excluding carboxylic acids is 1. The van der Waals surface area contributed by atoms with Crippen molar-refractivity contribution in [3.8, 4) is 11.1 Å². The first kappa shape index (κ1) is 17.4. The highest BCUT2D eigenvalue weighted by molar-refractivity contribution is 6.07. The molecule has 5 heteroatoms. The van der Waals surface area contributed by atoms with Crippen LogP contribution in [0.2, 0.25) is 0 Å². The minimum atomic E-state index is -0.434. The van der Waals surface area contributed by atoms with Gasteiger partial charge < -0.3 is 4.57 Å². The van der Waals surface area contributed by atoms with Crippen molar-refractivity contribution in [1.29, 1.82) is 0 Å². The SMILES string of the molecule is Cn1cc(/C=C\C(=O)c2ccc(-c3ccccc3)cc2)c(=O)n(C)c1=O. The number of carbonyl (C=O) groups is 1. The average Bonchev–Trinajstić information content (AvgIpc) is 2.68. The smallest absolute Gasteiger partial charge is 0.303 e. The average molecular weight is 346 g/mol. The highest BCUT2D eigenvalue weighted by Gasteiger charge is 2.06. The predicted octanol–water partition coefficient (Wildman–Crippen LogP) is 2.65. The number of rotatable bonds is 4. The lowest BCUT2D eigenvalue weighted by Crippen LogP contribution is -2.37. The van der Waals surface area contributed by atoms with E-state index >= 15 is 0 Å². The molecule has 0 radical (unpaired) electrons. The topological polar surface area (TPSA) is 61.1 Å². The Morgan fingerprint density at radius 1 is 0.885 bits per heavy atom. The Balaban J connectivity index is 1.84. The molecule has 0 unspecified atom stereocenters. The molecule has 0 aliphatic carbocycles. The lowest BCUT2D eigenvalue weighted by molar-refractivity contribution is 0.104. The second kappa shape index (κ2) is 7.19. The van der Waals surface area contributed by atoms with Crippen LogP contribution in [-0.2, 0) is 14.1 Å². The summed E-state index contributed by atoms with van der Waals surface area (Å²) >= 11 is 0. The van der Waals surface area contributed by atoms with Crippen LogP contribution >= 0.6 is 0 Å². The Labute approximate surface area is 150 Å². The quantitative estimate of drug-likeness (QED) is 0.539. The lowest BCUT2D eigenvalue weighted by atomic mass is 10.0. The third-order valence-electron chi connectivity index (χ3n) is 4.16. The van der Waals surface area contributed by atoms with Crippen molar-refractivity contribution in [2.24, 2.45) is 14.1 Å². The van der Waals surface area contributed by atoms with E-state index in [0.717, 1.165) is 15.7 Å². The molecule has 0 fully saturated rings. The van der Waals surface area contributed by atoms with Gasteiger partial charge in [-0.3, -0.25) is 14.2 Å². The highest BCUT2D eigenvalue weighted by atomic mass is 16.2. The van der Waals surface area contributed by atoms with Crippen molar-refractivity contribution in [3.05, 3.63) is 98.8 Å². The molecule has 0 N–H and O–H groups in total. The molecule has 5 nitrogen and oxygen atoms in total. The van der Waals surface area contributed by atoms with Gasteiger partial charge in [0.05, 0.1) is 5.56 Å². The van der Waals surface area contributed by atoms with Crippen molar-refractivity contribution in [3.63, 3.8) is 0 Å². The van der Waals surface area contributed by atoms with E-state index in [4.69, 9.17) is 0 Å². The largest absolute Gasteiger partial charge is 0.330 e. The van der Waals surface area contributed by atoms with E-state index in [1.807, 2.05) is 42.5 Å². The van der Waals surface area contributed by atoms with Gasteiger partial charge in [-0.25, -0.2) is 4.79 Å².